The molecule has 2 aromatic carbocycles. The predicted molar refractivity (Wildman–Crippen MR) is 149 cm³/mol. The topological polar surface area (TPSA) is 85.7 Å². The predicted octanol–water partition coefficient (Wildman–Crippen LogP) is 4.83. The van der Waals surface area contributed by atoms with Crippen LogP contribution < -0.4 is 19.6 Å². The van der Waals surface area contributed by atoms with Crippen molar-refractivity contribution in [2.45, 2.75) is 32.7 Å². The van der Waals surface area contributed by atoms with Crippen molar-refractivity contribution in [3.63, 3.8) is 0 Å². The number of carbonyl (C=O) groups excluding carboxylic acids is 1. The Morgan fingerprint density at radius 3 is 2.81 bits per heavy atom. The molecule has 9 heteroatoms. The molecule has 1 aliphatic heterocycles. The minimum Gasteiger partial charge on any atom is -0.496 e. The van der Waals surface area contributed by atoms with Crippen LogP contribution in [0.5, 0.6) is 5.75 Å². The molecule has 0 unspecified atom stereocenters. The number of benzene rings is 2. The summed E-state index contributed by atoms with van der Waals surface area (Å²) in [7, 11) is 1.58. The number of hydrogen-bond donors (Lipinski definition) is 1. The molecule has 3 heterocycles. The van der Waals surface area contributed by atoms with Gasteiger partial charge in [0.1, 0.15) is 11.8 Å². The second kappa shape index (κ2) is 10.5. The Morgan fingerprint density at radius 1 is 1.24 bits per heavy atom. The van der Waals surface area contributed by atoms with E-state index in [9.17, 15) is 9.59 Å². The molecule has 0 aliphatic carbocycles. The largest absolute Gasteiger partial charge is 0.496 e. The van der Waals surface area contributed by atoms with Crippen LogP contribution in [0.15, 0.2) is 74.2 Å². The lowest BCUT2D eigenvalue weighted by Crippen LogP contribution is -2.40. The van der Waals surface area contributed by atoms with E-state index in [1.807, 2.05) is 61.7 Å². The standard InChI is InChI=1S/C28H26BrN3O4S/c1-4-8-21-24(27(34)36-5-2)25(19-14-17(29)11-12-22(19)35-3)32-26(33)23(37-28(32)31-21)13-16-15-30-20-10-7-6-9-18(16)20/h6-7,9-15,25,30H,4-5,8H2,1-3H3/b23-13+/t25-/m0/s1. The Hall–Kier alpha value is -3.43. The van der Waals surface area contributed by atoms with Crippen molar-refractivity contribution in [3.05, 3.63) is 95.2 Å². The summed E-state index contributed by atoms with van der Waals surface area (Å²) in [5, 5.41) is 1.03. The molecule has 7 nitrogen and oxygen atoms in total. The number of para-hydroxylation sites is 1. The molecule has 2 aromatic heterocycles. The highest BCUT2D eigenvalue weighted by Gasteiger charge is 2.36. The Labute approximate surface area is 225 Å². The molecule has 1 N–H and O–H groups in total. The van der Waals surface area contributed by atoms with E-state index in [1.165, 1.54) is 11.3 Å². The van der Waals surface area contributed by atoms with Crippen molar-refractivity contribution in [1.29, 1.82) is 0 Å². The van der Waals surface area contributed by atoms with E-state index in [-0.39, 0.29) is 12.2 Å². The van der Waals surface area contributed by atoms with Crippen LogP contribution in [-0.4, -0.2) is 29.2 Å². The van der Waals surface area contributed by atoms with Gasteiger partial charge < -0.3 is 14.5 Å². The number of carbonyl (C=O) groups is 1. The summed E-state index contributed by atoms with van der Waals surface area (Å²) in [6.45, 7) is 4.02. The Balaban J connectivity index is 1.81. The third-order valence-corrected chi connectivity index (χ3v) is 7.76. The average molecular weight is 581 g/mol. The SMILES string of the molecule is CCCC1=C(C(=O)OCC)[C@H](c2cc(Br)ccc2OC)n2c(s/c(=C/c3c[nH]c4ccccc34)c2=O)=N1. The number of thiazole rings is 1. The Kier molecular flexibility index (Phi) is 7.17. The minimum atomic E-state index is -0.741. The van der Waals surface area contributed by atoms with Crippen LogP contribution in [0.4, 0.5) is 0 Å². The molecule has 1 atom stereocenters. The number of ether oxygens (including phenoxy) is 2. The molecule has 5 rings (SSSR count). The number of aromatic nitrogens is 2. The zero-order chi connectivity index (χ0) is 26.1. The summed E-state index contributed by atoms with van der Waals surface area (Å²) < 4.78 is 14.1. The van der Waals surface area contributed by atoms with E-state index in [4.69, 9.17) is 14.5 Å². The second-order valence-electron chi connectivity index (χ2n) is 8.59. The first-order valence-corrected chi connectivity index (χ1v) is 13.7. The molecule has 0 saturated heterocycles. The number of allylic oxidation sites excluding steroid dienone is 1. The summed E-state index contributed by atoms with van der Waals surface area (Å²) in [5.41, 5.74) is 3.37. The van der Waals surface area contributed by atoms with E-state index in [0.29, 0.717) is 38.3 Å². The van der Waals surface area contributed by atoms with Gasteiger partial charge in [0.05, 0.1) is 29.5 Å². The van der Waals surface area contributed by atoms with Crippen LogP contribution in [0.1, 0.15) is 43.9 Å². The number of fused-ring (bicyclic) bond motifs is 2. The number of esters is 1. The van der Waals surface area contributed by atoms with Gasteiger partial charge in [-0.2, -0.15) is 0 Å². The molecule has 0 fully saturated rings. The van der Waals surface area contributed by atoms with Gasteiger partial charge in [-0.05, 0) is 43.7 Å². The molecule has 0 radical (unpaired) electrons. The third kappa shape index (κ3) is 4.57. The van der Waals surface area contributed by atoms with Crippen LogP contribution in [0.3, 0.4) is 0 Å². The molecule has 4 aromatic rings. The molecule has 0 spiro atoms. The van der Waals surface area contributed by atoms with Crippen LogP contribution in [0.2, 0.25) is 0 Å². The first-order chi connectivity index (χ1) is 18.0. The maximum Gasteiger partial charge on any atom is 0.338 e. The fraction of sp³-hybridized carbons (Fsp3) is 0.250. The summed E-state index contributed by atoms with van der Waals surface area (Å²) >= 11 is 4.86. The summed E-state index contributed by atoms with van der Waals surface area (Å²) in [4.78, 5) is 36.0. The van der Waals surface area contributed by atoms with E-state index in [0.717, 1.165) is 27.4 Å². The normalized spacial score (nSPS) is 15.6. The minimum absolute atomic E-state index is 0.217. The zero-order valence-corrected chi connectivity index (χ0v) is 23.1. The highest BCUT2D eigenvalue weighted by atomic mass is 79.9. The monoisotopic (exact) mass is 579 g/mol. The number of H-pyrrole nitrogens is 1. The van der Waals surface area contributed by atoms with Crippen LogP contribution in [0, 0.1) is 0 Å². The van der Waals surface area contributed by atoms with Gasteiger partial charge in [0, 0.05) is 32.7 Å². The molecule has 37 heavy (non-hydrogen) atoms. The number of methoxy groups -OCH3 is 1. The lowest BCUT2D eigenvalue weighted by Gasteiger charge is -2.27. The van der Waals surface area contributed by atoms with Gasteiger partial charge in [0.2, 0.25) is 0 Å². The van der Waals surface area contributed by atoms with Gasteiger partial charge >= 0.3 is 5.97 Å². The van der Waals surface area contributed by atoms with Crippen LogP contribution in [-0.2, 0) is 9.53 Å². The lowest BCUT2D eigenvalue weighted by atomic mass is 9.93. The third-order valence-electron chi connectivity index (χ3n) is 6.29. The maximum atomic E-state index is 14.0. The fourth-order valence-corrected chi connectivity index (χ4v) is 6.08. The van der Waals surface area contributed by atoms with Gasteiger partial charge in [0.15, 0.2) is 4.80 Å². The van der Waals surface area contributed by atoms with Crippen molar-refractivity contribution >= 4 is 50.2 Å². The Morgan fingerprint density at radius 2 is 2.05 bits per heavy atom. The molecular formula is C28H26BrN3O4S. The van der Waals surface area contributed by atoms with Crippen molar-refractivity contribution in [2.75, 3.05) is 13.7 Å². The maximum absolute atomic E-state index is 14.0. The van der Waals surface area contributed by atoms with Gasteiger partial charge in [-0.3, -0.25) is 9.36 Å². The number of hydrogen-bond acceptors (Lipinski definition) is 6. The Bertz CT molecular complexity index is 1710. The van der Waals surface area contributed by atoms with Crippen LogP contribution in [0.25, 0.3) is 17.0 Å². The summed E-state index contributed by atoms with van der Waals surface area (Å²) in [6.07, 6.45) is 5.14. The molecule has 190 valence electrons. The lowest BCUT2D eigenvalue weighted by molar-refractivity contribution is -0.139. The first kappa shape index (κ1) is 25.2. The number of aromatic amines is 1. The number of halogens is 1. The number of nitrogens with one attached hydrogen (secondary N) is 1. The van der Waals surface area contributed by atoms with Gasteiger partial charge in [0.25, 0.3) is 5.56 Å². The molecule has 0 amide bonds. The average Bonchev–Trinajstić information content (AvgIpc) is 3.44. The molecular weight excluding hydrogens is 554 g/mol. The molecule has 0 saturated carbocycles. The van der Waals surface area contributed by atoms with Crippen molar-refractivity contribution in [1.82, 2.24) is 9.55 Å². The molecule has 0 bridgehead atoms. The highest BCUT2D eigenvalue weighted by molar-refractivity contribution is 9.10. The number of rotatable bonds is 7. The van der Waals surface area contributed by atoms with Gasteiger partial charge in [-0.25, -0.2) is 9.79 Å². The summed E-state index contributed by atoms with van der Waals surface area (Å²) in [5.74, 6) is 0.0894. The number of nitrogens with zero attached hydrogens (tertiary/aromatic N) is 2. The van der Waals surface area contributed by atoms with E-state index < -0.39 is 12.0 Å². The summed E-state index contributed by atoms with van der Waals surface area (Å²) in [6, 6.07) is 12.8. The second-order valence-corrected chi connectivity index (χ2v) is 10.5. The van der Waals surface area contributed by atoms with E-state index in [2.05, 4.69) is 20.9 Å². The quantitative estimate of drug-likeness (QED) is 0.318. The van der Waals surface area contributed by atoms with Gasteiger partial charge in [-0.1, -0.05) is 58.8 Å². The smallest absolute Gasteiger partial charge is 0.338 e. The van der Waals surface area contributed by atoms with E-state index in [1.54, 1.807) is 18.6 Å². The van der Waals surface area contributed by atoms with Gasteiger partial charge in [-0.15, -0.1) is 0 Å². The zero-order valence-electron chi connectivity index (χ0n) is 20.7. The van der Waals surface area contributed by atoms with Crippen LogP contribution >= 0.6 is 27.3 Å². The van der Waals surface area contributed by atoms with Crippen molar-refractivity contribution in [2.24, 2.45) is 4.99 Å². The van der Waals surface area contributed by atoms with Crippen molar-refractivity contribution in [3.8, 4) is 5.75 Å². The van der Waals surface area contributed by atoms with Crippen molar-refractivity contribution < 1.29 is 14.3 Å². The first-order valence-electron chi connectivity index (χ1n) is 12.1. The van der Waals surface area contributed by atoms with E-state index >= 15 is 0 Å². The fourth-order valence-electron chi connectivity index (χ4n) is 4.69. The molecule has 1 aliphatic rings. The highest BCUT2D eigenvalue weighted by Crippen LogP contribution is 2.38.